The van der Waals surface area contributed by atoms with Gasteiger partial charge in [-0.1, -0.05) is 54.6 Å². The van der Waals surface area contributed by atoms with E-state index in [0.717, 1.165) is 6.42 Å². The van der Waals surface area contributed by atoms with Crippen molar-refractivity contribution in [2.75, 3.05) is 0 Å². The molecule has 0 saturated carbocycles. The molecule has 2 nitrogen and oxygen atoms in total. The Balaban J connectivity index is 1.93. The lowest BCUT2D eigenvalue weighted by molar-refractivity contribution is 0.477. The molecule has 2 atom stereocenters. The van der Waals surface area contributed by atoms with Gasteiger partial charge in [0, 0.05) is 18.6 Å². The maximum atomic E-state index is 5.69. The van der Waals surface area contributed by atoms with Gasteiger partial charge in [0.25, 0.3) is 0 Å². The lowest BCUT2D eigenvalue weighted by atomic mass is 10.0. The number of hydrogen-bond acceptors (Lipinski definition) is 2. The summed E-state index contributed by atoms with van der Waals surface area (Å²) in [5.74, 6) is 0. The van der Waals surface area contributed by atoms with Gasteiger partial charge in [-0.05, 0) is 37.0 Å². The molecule has 0 spiro atoms. The predicted molar refractivity (Wildman–Crippen MR) is 85.5 cm³/mol. The maximum Gasteiger partial charge on any atom is 0.0294 e. The molecular weight excluding hydrogens is 244 g/mol. The largest absolute Gasteiger partial charge is 0.326 e. The second kappa shape index (κ2) is 7.22. The molecule has 0 unspecified atom stereocenters. The highest BCUT2D eigenvalue weighted by atomic mass is 14.9. The first kappa shape index (κ1) is 14.8. The summed E-state index contributed by atoms with van der Waals surface area (Å²) in [4.78, 5) is 0. The molecule has 0 bridgehead atoms. The van der Waals surface area contributed by atoms with Crippen molar-refractivity contribution in [3.8, 4) is 0 Å². The van der Waals surface area contributed by atoms with Crippen LogP contribution in [-0.4, -0.2) is 6.04 Å². The Labute approximate surface area is 122 Å². The third-order valence-electron chi connectivity index (χ3n) is 3.60. The van der Waals surface area contributed by atoms with Gasteiger partial charge < -0.3 is 11.1 Å². The molecule has 0 fully saturated rings. The molecule has 2 aromatic rings. The molecule has 3 N–H and O–H groups in total. The van der Waals surface area contributed by atoms with Crippen molar-refractivity contribution in [1.29, 1.82) is 0 Å². The van der Waals surface area contributed by atoms with E-state index in [9.17, 15) is 0 Å². The van der Waals surface area contributed by atoms with Crippen LogP contribution in [0.2, 0.25) is 0 Å². The molecule has 0 radical (unpaired) electrons. The molecule has 20 heavy (non-hydrogen) atoms. The van der Waals surface area contributed by atoms with Crippen molar-refractivity contribution in [1.82, 2.24) is 5.32 Å². The quantitative estimate of drug-likeness (QED) is 0.842. The van der Waals surface area contributed by atoms with E-state index in [4.69, 9.17) is 5.73 Å². The highest BCUT2D eigenvalue weighted by Gasteiger charge is 2.09. The van der Waals surface area contributed by atoms with Crippen molar-refractivity contribution < 1.29 is 0 Å². The van der Waals surface area contributed by atoms with Gasteiger partial charge in [-0.2, -0.15) is 0 Å². The highest BCUT2D eigenvalue weighted by molar-refractivity contribution is 5.24. The minimum Gasteiger partial charge on any atom is -0.326 e. The van der Waals surface area contributed by atoms with Crippen LogP contribution in [0.25, 0.3) is 0 Å². The summed E-state index contributed by atoms with van der Waals surface area (Å²) in [5.41, 5.74) is 9.56. The summed E-state index contributed by atoms with van der Waals surface area (Å²) in [6.07, 6.45) is 1.02. The number of nitrogens with one attached hydrogen (secondary N) is 1. The fourth-order valence-corrected chi connectivity index (χ4v) is 2.56. The molecule has 0 heterocycles. The number of rotatable bonds is 6. The fourth-order valence-electron chi connectivity index (χ4n) is 2.56. The molecule has 0 saturated heterocycles. The van der Waals surface area contributed by atoms with Crippen LogP contribution in [0.1, 0.15) is 36.6 Å². The van der Waals surface area contributed by atoms with E-state index in [1.54, 1.807) is 0 Å². The smallest absolute Gasteiger partial charge is 0.0294 e. The predicted octanol–water partition coefficient (Wildman–Crippen LogP) is 3.43. The molecule has 0 aliphatic carbocycles. The number of benzene rings is 2. The monoisotopic (exact) mass is 268 g/mol. The zero-order valence-corrected chi connectivity index (χ0v) is 12.3. The summed E-state index contributed by atoms with van der Waals surface area (Å²) in [7, 11) is 0. The minimum atomic E-state index is 0.365. The Morgan fingerprint density at radius 1 is 0.950 bits per heavy atom. The van der Waals surface area contributed by atoms with Gasteiger partial charge in [-0.3, -0.25) is 0 Å². The molecule has 2 heteroatoms. The summed E-state index contributed by atoms with van der Waals surface area (Å²) in [6.45, 7) is 5.05. The lowest BCUT2D eigenvalue weighted by Gasteiger charge is -2.20. The van der Waals surface area contributed by atoms with Crippen molar-refractivity contribution in [3.63, 3.8) is 0 Å². The van der Waals surface area contributed by atoms with E-state index in [1.807, 2.05) is 0 Å². The second-order valence-corrected chi connectivity index (χ2v) is 5.43. The molecular formula is C18H24N2. The van der Waals surface area contributed by atoms with Gasteiger partial charge in [0.1, 0.15) is 0 Å². The molecule has 2 rings (SSSR count). The second-order valence-electron chi connectivity index (χ2n) is 5.43. The fraction of sp³-hybridized carbons (Fsp3) is 0.333. The van der Waals surface area contributed by atoms with Crippen molar-refractivity contribution in [3.05, 3.63) is 71.3 Å². The highest BCUT2D eigenvalue weighted by Crippen LogP contribution is 2.14. The van der Waals surface area contributed by atoms with Crippen LogP contribution in [0.5, 0.6) is 0 Å². The van der Waals surface area contributed by atoms with Crippen LogP contribution in [-0.2, 0) is 13.0 Å². The van der Waals surface area contributed by atoms with E-state index < -0.39 is 0 Å². The lowest BCUT2D eigenvalue weighted by Crippen LogP contribution is -2.30. The van der Waals surface area contributed by atoms with Crippen LogP contribution in [0.3, 0.4) is 0 Å². The Morgan fingerprint density at radius 2 is 1.65 bits per heavy atom. The normalized spacial score (nSPS) is 13.9. The zero-order valence-electron chi connectivity index (χ0n) is 12.3. The summed E-state index contributed by atoms with van der Waals surface area (Å²) < 4.78 is 0. The van der Waals surface area contributed by atoms with E-state index in [1.165, 1.54) is 16.7 Å². The third-order valence-corrected chi connectivity index (χ3v) is 3.60. The van der Waals surface area contributed by atoms with Crippen LogP contribution in [0.15, 0.2) is 54.6 Å². The van der Waals surface area contributed by atoms with Crippen molar-refractivity contribution in [2.45, 2.75) is 38.9 Å². The van der Waals surface area contributed by atoms with E-state index >= 15 is 0 Å². The van der Waals surface area contributed by atoms with Crippen LogP contribution in [0, 0.1) is 0 Å². The average Bonchev–Trinajstić information content (AvgIpc) is 2.48. The molecule has 0 aromatic heterocycles. The topological polar surface area (TPSA) is 38.0 Å². The molecule has 0 amide bonds. The summed E-state index contributed by atoms with van der Waals surface area (Å²) in [5, 5.41) is 3.65. The maximum absolute atomic E-state index is 5.69. The Bertz CT molecular complexity index is 522. The minimum absolute atomic E-state index is 0.365. The van der Waals surface area contributed by atoms with Crippen LogP contribution < -0.4 is 11.1 Å². The van der Waals surface area contributed by atoms with Gasteiger partial charge in [-0.15, -0.1) is 0 Å². The van der Waals surface area contributed by atoms with Gasteiger partial charge in [-0.25, -0.2) is 0 Å². The van der Waals surface area contributed by atoms with Crippen molar-refractivity contribution in [2.24, 2.45) is 5.73 Å². The first-order valence-corrected chi connectivity index (χ1v) is 7.28. The zero-order chi connectivity index (χ0) is 14.4. The van der Waals surface area contributed by atoms with Crippen molar-refractivity contribution >= 4 is 0 Å². The molecule has 0 aliphatic rings. The Kier molecular flexibility index (Phi) is 5.33. The first-order chi connectivity index (χ1) is 9.69. The van der Waals surface area contributed by atoms with Gasteiger partial charge in [0.2, 0.25) is 0 Å². The standard InChI is InChI=1S/C18H24N2/c1-14(11-16-7-6-8-17(12-16)13-19)20-15(2)18-9-4-3-5-10-18/h3-10,12,14-15,20H,11,13,19H2,1-2H3/t14-,15-/m1/s1. The van der Waals surface area contributed by atoms with Gasteiger partial charge >= 0.3 is 0 Å². The molecule has 0 aliphatic heterocycles. The third kappa shape index (κ3) is 4.19. The van der Waals surface area contributed by atoms with E-state index in [-0.39, 0.29) is 0 Å². The Hall–Kier alpha value is -1.64. The van der Waals surface area contributed by atoms with Crippen LogP contribution >= 0.6 is 0 Å². The van der Waals surface area contributed by atoms with Gasteiger partial charge in [0.05, 0.1) is 0 Å². The number of hydrogen-bond donors (Lipinski definition) is 2. The Morgan fingerprint density at radius 3 is 2.35 bits per heavy atom. The van der Waals surface area contributed by atoms with Gasteiger partial charge in [0.15, 0.2) is 0 Å². The van der Waals surface area contributed by atoms with Crippen LogP contribution in [0.4, 0.5) is 0 Å². The van der Waals surface area contributed by atoms with E-state index in [0.29, 0.717) is 18.6 Å². The number of nitrogens with two attached hydrogens (primary N) is 1. The summed E-state index contributed by atoms with van der Waals surface area (Å²) >= 11 is 0. The average molecular weight is 268 g/mol. The SMILES string of the molecule is C[C@H](Cc1cccc(CN)c1)N[C@H](C)c1ccccc1. The summed E-state index contributed by atoms with van der Waals surface area (Å²) in [6, 6.07) is 19.9. The molecule has 106 valence electrons. The molecule has 2 aromatic carbocycles. The van der Waals surface area contributed by atoms with E-state index in [2.05, 4.69) is 73.8 Å². The first-order valence-electron chi connectivity index (χ1n) is 7.28.